The highest BCUT2D eigenvalue weighted by molar-refractivity contribution is 5.42. The summed E-state index contributed by atoms with van der Waals surface area (Å²) >= 11 is 0. The number of nitro benzene ring substituents is 1. The molecule has 21 heavy (non-hydrogen) atoms. The molecule has 1 heterocycles. The number of benzene rings is 2. The van der Waals surface area contributed by atoms with Crippen molar-refractivity contribution < 1.29 is 10.1 Å². The first-order valence-corrected chi connectivity index (χ1v) is 6.44. The molecule has 3 rings (SSSR count). The Hall–Kier alpha value is -2.73. The lowest BCUT2D eigenvalue weighted by Crippen LogP contribution is -2.39. The number of hydrogen-bond acceptors (Lipinski definition) is 5. The van der Waals surface area contributed by atoms with Crippen molar-refractivity contribution in [3.05, 3.63) is 74.8 Å². The first-order chi connectivity index (χ1) is 10.1. The number of rotatable bonds is 2. The van der Waals surface area contributed by atoms with Crippen molar-refractivity contribution >= 4 is 11.4 Å². The van der Waals surface area contributed by atoms with Gasteiger partial charge in [-0.05, 0) is 30.7 Å². The maximum Gasteiger partial charge on any atom is 0.269 e. The van der Waals surface area contributed by atoms with Crippen LogP contribution in [0.5, 0.6) is 0 Å². The van der Waals surface area contributed by atoms with E-state index in [4.69, 9.17) is 0 Å². The van der Waals surface area contributed by atoms with Crippen molar-refractivity contribution in [2.45, 2.75) is 13.1 Å². The van der Waals surface area contributed by atoms with E-state index >= 15 is 0 Å². The third kappa shape index (κ3) is 2.25. The number of nitrogens with zero attached hydrogens (tertiary/aromatic N) is 3. The summed E-state index contributed by atoms with van der Waals surface area (Å²) in [5, 5.41) is 23.7. The molecule has 1 atom stereocenters. The average molecular weight is 283 g/mol. The Kier molecular flexibility index (Phi) is 3.15. The van der Waals surface area contributed by atoms with Crippen LogP contribution in [0.3, 0.4) is 0 Å². The SMILES string of the molecule is CC1=c2ccccc2=NC(c2ccc([N+](=O)[O-])cc2)N1O. The van der Waals surface area contributed by atoms with Crippen LogP contribution < -0.4 is 10.6 Å². The van der Waals surface area contributed by atoms with Gasteiger partial charge in [-0.3, -0.25) is 20.3 Å². The van der Waals surface area contributed by atoms with Gasteiger partial charge in [0, 0.05) is 17.4 Å². The highest BCUT2D eigenvalue weighted by Crippen LogP contribution is 2.26. The molecule has 106 valence electrons. The number of para-hydroxylation sites is 1. The maximum absolute atomic E-state index is 10.7. The van der Waals surface area contributed by atoms with Gasteiger partial charge in [0.15, 0.2) is 6.17 Å². The minimum atomic E-state index is -0.597. The van der Waals surface area contributed by atoms with E-state index in [2.05, 4.69) is 4.99 Å². The zero-order valence-electron chi connectivity index (χ0n) is 11.3. The van der Waals surface area contributed by atoms with Crippen LogP contribution in [0.1, 0.15) is 18.7 Å². The molecule has 0 radical (unpaired) electrons. The maximum atomic E-state index is 10.7. The summed E-state index contributed by atoms with van der Waals surface area (Å²) < 4.78 is 0. The molecule has 6 nitrogen and oxygen atoms in total. The van der Waals surface area contributed by atoms with E-state index in [-0.39, 0.29) is 5.69 Å². The van der Waals surface area contributed by atoms with Gasteiger partial charge >= 0.3 is 0 Å². The van der Waals surface area contributed by atoms with Crippen molar-refractivity contribution in [2.75, 3.05) is 0 Å². The van der Waals surface area contributed by atoms with Crippen LogP contribution in [0.25, 0.3) is 5.70 Å². The number of non-ortho nitro benzene ring substituents is 1. The van der Waals surface area contributed by atoms with E-state index < -0.39 is 11.1 Å². The Morgan fingerprint density at radius 3 is 2.52 bits per heavy atom. The van der Waals surface area contributed by atoms with Crippen LogP contribution in [-0.2, 0) is 0 Å². The summed E-state index contributed by atoms with van der Waals surface area (Å²) in [6.07, 6.45) is -0.597. The lowest BCUT2D eigenvalue weighted by molar-refractivity contribution is -0.384. The van der Waals surface area contributed by atoms with Crippen LogP contribution in [0.4, 0.5) is 5.69 Å². The van der Waals surface area contributed by atoms with Gasteiger partial charge in [-0.25, -0.2) is 5.06 Å². The molecule has 2 aromatic carbocycles. The van der Waals surface area contributed by atoms with Gasteiger partial charge in [-0.15, -0.1) is 0 Å². The Bertz CT molecular complexity index is 815. The zero-order chi connectivity index (χ0) is 15.0. The van der Waals surface area contributed by atoms with E-state index in [0.717, 1.165) is 15.6 Å². The summed E-state index contributed by atoms with van der Waals surface area (Å²) in [7, 11) is 0. The minimum absolute atomic E-state index is 0.0140. The predicted octanol–water partition coefficient (Wildman–Crippen LogP) is 1.75. The molecule has 1 aliphatic rings. The van der Waals surface area contributed by atoms with E-state index in [1.807, 2.05) is 31.2 Å². The largest absolute Gasteiger partial charge is 0.286 e. The fourth-order valence-electron chi connectivity index (χ4n) is 2.37. The molecule has 0 saturated carbocycles. The van der Waals surface area contributed by atoms with Crippen molar-refractivity contribution in [3.8, 4) is 0 Å². The van der Waals surface area contributed by atoms with Gasteiger partial charge in [0.1, 0.15) is 0 Å². The average Bonchev–Trinajstić information content (AvgIpc) is 2.51. The molecule has 0 aromatic heterocycles. The molecular weight excluding hydrogens is 270 g/mol. The predicted molar refractivity (Wildman–Crippen MR) is 75.8 cm³/mol. The zero-order valence-corrected chi connectivity index (χ0v) is 11.3. The Balaban J connectivity index is 2.08. The van der Waals surface area contributed by atoms with E-state index in [1.165, 1.54) is 12.1 Å². The molecule has 0 amide bonds. The molecule has 0 fully saturated rings. The van der Waals surface area contributed by atoms with Crippen molar-refractivity contribution in [2.24, 2.45) is 4.99 Å². The van der Waals surface area contributed by atoms with Gasteiger partial charge in [0.05, 0.1) is 16.0 Å². The second-order valence-corrected chi connectivity index (χ2v) is 4.80. The first kappa shape index (κ1) is 13.3. The molecule has 0 bridgehead atoms. The topological polar surface area (TPSA) is 79.0 Å². The monoisotopic (exact) mass is 283 g/mol. The number of fused-ring (bicyclic) bond motifs is 1. The lowest BCUT2D eigenvalue weighted by Gasteiger charge is -2.28. The quantitative estimate of drug-likeness (QED) is 0.672. The minimum Gasteiger partial charge on any atom is -0.286 e. The fourth-order valence-corrected chi connectivity index (χ4v) is 2.37. The normalized spacial score (nSPS) is 17.1. The molecule has 1 aliphatic heterocycles. The van der Waals surface area contributed by atoms with Crippen LogP contribution in [0.15, 0.2) is 53.5 Å². The highest BCUT2D eigenvalue weighted by Gasteiger charge is 2.22. The van der Waals surface area contributed by atoms with E-state index in [1.54, 1.807) is 12.1 Å². The first-order valence-electron chi connectivity index (χ1n) is 6.44. The van der Waals surface area contributed by atoms with Gasteiger partial charge < -0.3 is 0 Å². The Labute approximate surface area is 120 Å². The summed E-state index contributed by atoms with van der Waals surface area (Å²) in [4.78, 5) is 14.7. The number of nitro groups is 1. The van der Waals surface area contributed by atoms with Gasteiger partial charge in [-0.2, -0.15) is 0 Å². The Morgan fingerprint density at radius 2 is 1.86 bits per heavy atom. The molecule has 6 heteroatoms. The van der Waals surface area contributed by atoms with Crippen LogP contribution in [0, 0.1) is 10.1 Å². The van der Waals surface area contributed by atoms with Crippen LogP contribution in [0.2, 0.25) is 0 Å². The second kappa shape index (κ2) is 4.99. The van der Waals surface area contributed by atoms with Crippen molar-refractivity contribution in [1.82, 2.24) is 5.06 Å². The fraction of sp³-hybridized carbons (Fsp3) is 0.133. The number of hydrogen-bond donors (Lipinski definition) is 1. The third-order valence-electron chi connectivity index (χ3n) is 3.53. The summed E-state index contributed by atoms with van der Waals surface area (Å²) in [5.74, 6) is 0. The van der Waals surface area contributed by atoms with E-state index in [0.29, 0.717) is 11.3 Å². The van der Waals surface area contributed by atoms with Crippen molar-refractivity contribution in [3.63, 3.8) is 0 Å². The third-order valence-corrected chi connectivity index (χ3v) is 3.53. The van der Waals surface area contributed by atoms with E-state index in [9.17, 15) is 15.3 Å². The Morgan fingerprint density at radius 1 is 1.19 bits per heavy atom. The molecule has 0 saturated heterocycles. The molecule has 1 N–H and O–H groups in total. The lowest BCUT2D eigenvalue weighted by atomic mass is 10.1. The van der Waals surface area contributed by atoms with Gasteiger partial charge in [0.25, 0.3) is 5.69 Å². The van der Waals surface area contributed by atoms with Gasteiger partial charge in [-0.1, -0.05) is 18.2 Å². The van der Waals surface area contributed by atoms with Crippen molar-refractivity contribution in [1.29, 1.82) is 0 Å². The standard InChI is InChI=1S/C15H13N3O3/c1-10-13-4-2-3-5-14(13)16-15(17(10)19)11-6-8-12(9-7-11)18(20)21/h2-9,15,19H,1H3. The second-order valence-electron chi connectivity index (χ2n) is 4.80. The molecule has 2 aromatic rings. The summed E-state index contributed by atoms with van der Waals surface area (Å²) in [6, 6.07) is 13.6. The molecular formula is C15H13N3O3. The highest BCUT2D eigenvalue weighted by atomic mass is 16.6. The van der Waals surface area contributed by atoms with Crippen LogP contribution >= 0.6 is 0 Å². The molecule has 0 spiro atoms. The molecule has 0 aliphatic carbocycles. The summed E-state index contributed by atoms with van der Waals surface area (Å²) in [5.41, 5.74) is 1.40. The van der Waals surface area contributed by atoms with Gasteiger partial charge in [0.2, 0.25) is 0 Å². The molecule has 1 unspecified atom stereocenters. The number of hydroxylamine groups is 2. The smallest absolute Gasteiger partial charge is 0.269 e. The van der Waals surface area contributed by atoms with Crippen LogP contribution in [-0.4, -0.2) is 15.2 Å². The summed E-state index contributed by atoms with van der Waals surface area (Å²) in [6.45, 7) is 1.81.